The van der Waals surface area contributed by atoms with Gasteiger partial charge < -0.3 is 15.3 Å². The van der Waals surface area contributed by atoms with Crippen LogP contribution in [0.5, 0.6) is 5.75 Å². The number of Topliss-reactive ketones (excluding diaryl/α,β-unsaturated/α-hetero) is 1. The molecule has 1 heterocycles. The molecule has 2 saturated carbocycles. The van der Waals surface area contributed by atoms with Gasteiger partial charge in [0.05, 0.1) is 26.8 Å². The fourth-order valence-electron chi connectivity index (χ4n) is 4.95. The van der Waals surface area contributed by atoms with Crippen molar-refractivity contribution in [3.63, 3.8) is 0 Å². The summed E-state index contributed by atoms with van der Waals surface area (Å²) >= 11 is 12.4. The maximum absolute atomic E-state index is 13.2. The lowest BCUT2D eigenvalue weighted by Gasteiger charge is -2.34. The minimum absolute atomic E-state index is 0.113. The molecule has 2 fully saturated rings. The molecule has 2 aliphatic carbocycles. The van der Waals surface area contributed by atoms with Gasteiger partial charge in [-0.2, -0.15) is 0 Å². The third-order valence-electron chi connectivity index (χ3n) is 7.21. The fourth-order valence-corrected chi connectivity index (χ4v) is 5.44. The van der Waals surface area contributed by atoms with Crippen molar-refractivity contribution in [2.75, 3.05) is 19.4 Å². The summed E-state index contributed by atoms with van der Waals surface area (Å²) in [6, 6.07) is 10.3. The highest BCUT2D eigenvalue weighted by atomic mass is 35.5. The Kier molecular flexibility index (Phi) is 6.45. The number of aromatic hydroxyl groups is 1. The van der Waals surface area contributed by atoms with E-state index in [1.807, 2.05) is 18.2 Å². The number of carbonyl (C=O) groups is 1. The Morgan fingerprint density at radius 2 is 1.68 bits per heavy atom. The van der Waals surface area contributed by atoms with Gasteiger partial charge in [0.25, 0.3) is 0 Å². The van der Waals surface area contributed by atoms with E-state index < -0.39 is 0 Å². The zero-order valence-corrected chi connectivity index (χ0v) is 21.0. The van der Waals surface area contributed by atoms with Gasteiger partial charge in [0.15, 0.2) is 11.5 Å². The van der Waals surface area contributed by atoms with E-state index in [4.69, 9.17) is 23.2 Å². The third-order valence-corrected chi connectivity index (χ3v) is 7.78. The average molecular weight is 498 g/mol. The van der Waals surface area contributed by atoms with Crippen molar-refractivity contribution in [3.8, 4) is 16.9 Å². The molecule has 0 unspecified atom stereocenters. The molecular formula is C27H29Cl2N3O2. The second kappa shape index (κ2) is 9.37. The summed E-state index contributed by atoms with van der Waals surface area (Å²) in [5, 5.41) is 15.0. The first-order chi connectivity index (χ1) is 16.3. The van der Waals surface area contributed by atoms with E-state index in [0.717, 1.165) is 66.2 Å². The molecule has 3 aromatic rings. The lowest BCUT2D eigenvalue weighted by atomic mass is 9.89. The molecule has 2 aliphatic rings. The minimum Gasteiger partial charge on any atom is -0.505 e. The van der Waals surface area contributed by atoms with Crippen molar-refractivity contribution in [1.82, 2.24) is 9.88 Å². The molecule has 7 heteroatoms. The second-order valence-corrected chi connectivity index (χ2v) is 10.6. The third kappa shape index (κ3) is 4.61. The van der Waals surface area contributed by atoms with Crippen LogP contribution in [0.4, 0.5) is 5.69 Å². The summed E-state index contributed by atoms with van der Waals surface area (Å²) in [4.78, 5) is 20.1. The van der Waals surface area contributed by atoms with E-state index in [-0.39, 0.29) is 27.5 Å². The van der Waals surface area contributed by atoms with Crippen LogP contribution in [0.25, 0.3) is 22.0 Å². The predicted octanol–water partition coefficient (Wildman–Crippen LogP) is 6.79. The molecule has 0 radical (unpaired) electrons. The van der Waals surface area contributed by atoms with Gasteiger partial charge in [-0.1, -0.05) is 29.3 Å². The highest BCUT2D eigenvalue weighted by Crippen LogP contribution is 2.40. The molecule has 1 aromatic heterocycles. The number of fused-ring (bicyclic) bond motifs is 1. The Labute approximate surface area is 210 Å². The Balaban J connectivity index is 1.56. The van der Waals surface area contributed by atoms with E-state index in [1.54, 1.807) is 18.3 Å². The molecule has 0 saturated heterocycles. The second-order valence-electron chi connectivity index (χ2n) is 9.82. The summed E-state index contributed by atoms with van der Waals surface area (Å²) in [6.07, 6.45) is 8.04. The molecular weight excluding hydrogens is 469 g/mol. The van der Waals surface area contributed by atoms with Gasteiger partial charge in [-0.25, -0.2) is 0 Å². The summed E-state index contributed by atoms with van der Waals surface area (Å²) in [5.74, 6) is 0.171. The van der Waals surface area contributed by atoms with Gasteiger partial charge in [0.1, 0.15) is 0 Å². The van der Waals surface area contributed by atoms with Crippen molar-refractivity contribution in [2.45, 2.75) is 50.6 Å². The standard InChI is InChI=1S/C27H29Cl2N3O2/c1-32(2)19-8-6-18(7-9-19)31-25-20-11-16(17-12-22(28)27(34)23(29)13-17)5-10-24(20)30-14-21(25)26(33)15-3-4-15/h5,10-15,18-19,34H,3-4,6-9H2,1-2H3,(H,30,31)/t18-,19-. The number of carbonyl (C=O) groups excluding carboxylic acids is 1. The van der Waals surface area contributed by atoms with Crippen molar-refractivity contribution in [1.29, 1.82) is 0 Å². The van der Waals surface area contributed by atoms with Crippen molar-refractivity contribution < 1.29 is 9.90 Å². The summed E-state index contributed by atoms with van der Waals surface area (Å²) < 4.78 is 0. The molecule has 178 valence electrons. The summed E-state index contributed by atoms with van der Waals surface area (Å²) in [5.41, 5.74) is 4.09. The number of halogens is 2. The van der Waals surface area contributed by atoms with Crippen LogP contribution in [-0.4, -0.2) is 47.0 Å². The van der Waals surface area contributed by atoms with Gasteiger partial charge in [-0.05, 0) is 88.0 Å². The normalized spacial score (nSPS) is 20.6. The van der Waals surface area contributed by atoms with Crippen LogP contribution in [0.2, 0.25) is 10.0 Å². The maximum atomic E-state index is 13.2. The number of hydrogen-bond donors (Lipinski definition) is 2. The monoisotopic (exact) mass is 497 g/mol. The molecule has 0 spiro atoms. The Hall–Kier alpha value is -2.34. The van der Waals surface area contributed by atoms with Crippen LogP contribution in [0.3, 0.4) is 0 Å². The number of nitrogens with zero attached hydrogens (tertiary/aromatic N) is 2. The van der Waals surface area contributed by atoms with Crippen LogP contribution in [0, 0.1) is 5.92 Å². The zero-order chi connectivity index (χ0) is 24.0. The van der Waals surface area contributed by atoms with E-state index in [0.29, 0.717) is 17.6 Å². The topological polar surface area (TPSA) is 65.5 Å². The van der Waals surface area contributed by atoms with Crippen LogP contribution in [0.15, 0.2) is 36.5 Å². The Morgan fingerprint density at radius 3 is 2.29 bits per heavy atom. The molecule has 2 aromatic carbocycles. The molecule has 5 rings (SSSR count). The number of hydrogen-bond acceptors (Lipinski definition) is 5. The van der Waals surface area contributed by atoms with E-state index in [2.05, 4.69) is 29.3 Å². The largest absolute Gasteiger partial charge is 0.505 e. The predicted molar refractivity (Wildman–Crippen MR) is 139 cm³/mol. The highest BCUT2D eigenvalue weighted by Gasteiger charge is 2.33. The van der Waals surface area contributed by atoms with Gasteiger partial charge in [-0.15, -0.1) is 0 Å². The number of nitrogens with one attached hydrogen (secondary N) is 1. The maximum Gasteiger partial charge on any atom is 0.169 e. The van der Waals surface area contributed by atoms with Crippen molar-refractivity contribution >= 4 is 45.6 Å². The van der Waals surface area contributed by atoms with Crippen LogP contribution >= 0.6 is 23.2 Å². The Morgan fingerprint density at radius 1 is 1.00 bits per heavy atom. The average Bonchev–Trinajstić information content (AvgIpc) is 3.67. The van der Waals surface area contributed by atoms with Crippen LogP contribution in [-0.2, 0) is 0 Å². The van der Waals surface area contributed by atoms with E-state index in [1.165, 1.54) is 0 Å². The number of phenolic OH excluding ortho intramolecular Hbond substituents is 1. The first-order valence-electron chi connectivity index (χ1n) is 11.9. The first-order valence-corrected chi connectivity index (χ1v) is 12.7. The first kappa shape index (κ1) is 23.4. The number of benzene rings is 2. The minimum atomic E-state index is -0.123. The molecule has 2 N–H and O–H groups in total. The molecule has 0 aliphatic heterocycles. The number of aromatic nitrogens is 1. The SMILES string of the molecule is CN(C)[C@H]1CC[C@H](Nc2c(C(=O)C3CC3)cnc3ccc(-c4cc(Cl)c(O)c(Cl)c4)cc23)CC1. The molecule has 0 bridgehead atoms. The summed E-state index contributed by atoms with van der Waals surface area (Å²) in [6.45, 7) is 0. The lowest BCUT2D eigenvalue weighted by Crippen LogP contribution is -2.36. The van der Waals surface area contributed by atoms with E-state index in [9.17, 15) is 9.90 Å². The summed E-state index contributed by atoms with van der Waals surface area (Å²) in [7, 11) is 4.29. The van der Waals surface area contributed by atoms with Gasteiger partial charge in [-0.3, -0.25) is 9.78 Å². The molecule has 34 heavy (non-hydrogen) atoms. The van der Waals surface area contributed by atoms with Gasteiger partial charge in [0.2, 0.25) is 0 Å². The quantitative estimate of drug-likeness (QED) is 0.367. The number of ketones is 1. The number of pyridine rings is 1. The Bertz CT molecular complexity index is 1230. The lowest BCUT2D eigenvalue weighted by molar-refractivity contribution is 0.0968. The smallest absolute Gasteiger partial charge is 0.169 e. The molecule has 0 atom stereocenters. The van der Waals surface area contributed by atoms with Crippen molar-refractivity contribution in [3.05, 3.63) is 52.1 Å². The highest BCUT2D eigenvalue weighted by molar-refractivity contribution is 6.37. The number of anilines is 1. The zero-order valence-electron chi connectivity index (χ0n) is 19.4. The van der Waals surface area contributed by atoms with Gasteiger partial charge >= 0.3 is 0 Å². The van der Waals surface area contributed by atoms with Gasteiger partial charge in [0, 0.05) is 29.6 Å². The number of phenols is 1. The number of rotatable bonds is 6. The van der Waals surface area contributed by atoms with Crippen molar-refractivity contribution in [2.24, 2.45) is 5.92 Å². The van der Waals surface area contributed by atoms with E-state index >= 15 is 0 Å². The van der Waals surface area contributed by atoms with Crippen LogP contribution < -0.4 is 5.32 Å². The fraction of sp³-hybridized carbons (Fsp3) is 0.407. The molecule has 0 amide bonds. The van der Waals surface area contributed by atoms with Crippen LogP contribution in [0.1, 0.15) is 48.9 Å². The molecule has 5 nitrogen and oxygen atoms in total.